The summed E-state index contributed by atoms with van der Waals surface area (Å²) in [6.07, 6.45) is 2.46. The van der Waals surface area contributed by atoms with Crippen LogP contribution in [0.15, 0.2) is 54.6 Å². The van der Waals surface area contributed by atoms with Crippen LogP contribution in [0.1, 0.15) is 30.1 Å². The number of hydrogen-bond acceptors (Lipinski definition) is 2. The number of carbonyl (C=O) groups excluding carboxylic acids is 1. The van der Waals surface area contributed by atoms with E-state index in [2.05, 4.69) is 12.2 Å². The van der Waals surface area contributed by atoms with Crippen molar-refractivity contribution in [2.24, 2.45) is 0 Å². The lowest BCUT2D eigenvalue weighted by molar-refractivity contribution is -0.909. The van der Waals surface area contributed by atoms with Crippen LogP contribution in [0.2, 0.25) is 0 Å². The molecule has 0 bridgehead atoms. The zero-order chi connectivity index (χ0) is 16.8. The lowest BCUT2D eigenvalue weighted by Crippen LogP contribution is -3.14. The molecule has 24 heavy (non-hydrogen) atoms. The van der Waals surface area contributed by atoms with Gasteiger partial charge in [-0.3, -0.25) is 4.79 Å². The molecule has 1 unspecified atom stereocenters. The molecule has 0 saturated carbocycles. The molecule has 0 spiro atoms. The Labute approximate surface area is 143 Å². The highest BCUT2D eigenvalue weighted by Crippen LogP contribution is 2.21. The zero-order valence-corrected chi connectivity index (χ0v) is 14.1. The molecule has 126 valence electrons. The maximum absolute atomic E-state index is 12.3. The van der Waals surface area contributed by atoms with Crippen LogP contribution in [0.3, 0.4) is 0 Å². The van der Waals surface area contributed by atoms with Crippen molar-refractivity contribution in [1.82, 2.24) is 5.32 Å². The van der Waals surface area contributed by atoms with Crippen LogP contribution >= 0.6 is 0 Å². The topological polar surface area (TPSA) is 42.8 Å². The van der Waals surface area contributed by atoms with Gasteiger partial charge in [0, 0.05) is 18.4 Å². The van der Waals surface area contributed by atoms with E-state index >= 15 is 0 Å². The third-order valence-electron chi connectivity index (χ3n) is 4.69. The molecule has 3 rings (SSSR count). The van der Waals surface area contributed by atoms with E-state index in [0.29, 0.717) is 11.6 Å². The fraction of sp³-hybridized carbons (Fsp3) is 0.350. The number of quaternary nitrogens is 1. The molecule has 2 aromatic carbocycles. The van der Waals surface area contributed by atoms with Crippen molar-refractivity contribution in [2.75, 3.05) is 19.6 Å². The van der Waals surface area contributed by atoms with Crippen LogP contribution in [0, 0.1) is 0 Å². The van der Waals surface area contributed by atoms with Crippen molar-refractivity contribution in [3.8, 4) is 11.5 Å². The van der Waals surface area contributed by atoms with Crippen LogP contribution in [-0.2, 0) is 0 Å². The van der Waals surface area contributed by atoms with Gasteiger partial charge in [-0.1, -0.05) is 18.2 Å². The number of carbonyl (C=O) groups is 1. The molecule has 0 aliphatic carbocycles. The summed E-state index contributed by atoms with van der Waals surface area (Å²) in [5.41, 5.74) is 0.673. The fourth-order valence-electron chi connectivity index (χ4n) is 3.31. The minimum Gasteiger partial charge on any atom is -0.457 e. The molecular weight excluding hydrogens is 300 g/mol. The van der Waals surface area contributed by atoms with Gasteiger partial charge < -0.3 is 15.0 Å². The van der Waals surface area contributed by atoms with Gasteiger partial charge in [0.05, 0.1) is 19.6 Å². The minimum absolute atomic E-state index is 0.0105. The third kappa shape index (κ3) is 4.15. The number of amides is 1. The second kappa shape index (κ2) is 7.97. The smallest absolute Gasteiger partial charge is 0.251 e. The molecule has 2 N–H and O–H groups in total. The fourth-order valence-corrected chi connectivity index (χ4v) is 3.31. The molecule has 2 atom stereocenters. The maximum atomic E-state index is 12.3. The summed E-state index contributed by atoms with van der Waals surface area (Å²) >= 11 is 0. The molecule has 1 aliphatic heterocycles. The van der Waals surface area contributed by atoms with Crippen molar-refractivity contribution in [3.05, 3.63) is 60.2 Å². The second-order valence-electron chi connectivity index (χ2n) is 6.25. The molecular formula is C20H25N2O2+. The number of likely N-dealkylation sites (N-methyl/N-ethyl adjacent to an activating group) is 1. The molecule has 2 aromatic rings. The zero-order valence-electron chi connectivity index (χ0n) is 14.1. The van der Waals surface area contributed by atoms with E-state index in [1.54, 1.807) is 4.90 Å². The van der Waals surface area contributed by atoms with E-state index in [1.165, 1.54) is 19.4 Å². The predicted molar refractivity (Wildman–Crippen MR) is 94.7 cm³/mol. The number of rotatable bonds is 6. The average Bonchev–Trinajstić information content (AvgIpc) is 3.09. The third-order valence-corrected chi connectivity index (χ3v) is 4.69. The molecule has 0 aromatic heterocycles. The van der Waals surface area contributed by atoms with Crippen LogP contribution < -0.4 is 15.0 Å². The Morgan fingerprint density at radius 1 is 1.12 bits per heavy atom. The quantitative estimate of drug-likeness (QED) is 0.856. The SMILES string of the molecule is CC[NH+]1CCC[C@H]1CNC(=O)c1ccc(Oc2ccccc2)cc1. The summed E-state index contributed by atoms with van der Waals surface area (Å²) < 4.78 is 5.75. The van der Waals surface area contributed by atoms with Crippen LogP contribution in [0.5, 0.6) is 11.5 Å². The first-order chi connectivity index (χ1) is 11.8. The van der Waals surface area contributed by atoms with E-state index in [1.807, 2.05) is 54.6 Å². The maximum Gasteiger partial charge on any atom is 0.251 e. The first kappa shape index (κ1) is 16.5. The molecule has 4 heteroatoms. The van der Waals surface area contributed by atoms with E-state index in [-0.39, 0.29) is 5.91 Å². The molecule has 1 heterocycles. The monoisotopic (exact) mass is 325 g/mol. The summed E-state index contributed by atoms with van der Waals surface area (Å²) in [6.45, 7) is 5.32. The van der Waals surface area contributed by atoms with E-state index < -0.39 is 0 Å². The van der Waals surface area contributed by atoms with Crippen molar-refractivity contribution in [3.63, 3.8) is 0 Å². The highest BCUT2D eigenvalue weighted by atomic mass is 16.5. The summed E-state index contributed by atoms with van der Waals surface area (Å²) in [5.74, 6) is 1.51. The van der Waals surface area contributed by atoms with E-state index in [4.69, 9.17) is 4.74 Å². The van der Waals surface area contributed by atoms with Crippen molar-refractivity contribution < 1.29 is 14.4 Å². The highest BCUT2D eigenvalue weighted by molar-refractivity contribution is 5.94. The van der Waals surface area contributed by atoms with Gasteiger partial charge in [0.1, 0.15) is 17.5 Å². The molecule has 1 amide bonds. The van der Waals surface area contributed by atoms with Crippen molar-refractivity contribution in [1.29, 1.82) is 0 Å². The Morgan fingerprint density at radius 3 is 2.54 bits per heavy atom. The van der Waals surface area contributed by atoms with Gasteiger partial charge in [0.15, 0.2) is 0 Å². The normalized spacial score (nSPS) is 19.9. The van der Waals surface area contributed by atoms with Gasteiger partial charge in [-0.25, -0.2) is 0 Å². The standard InChI is InChI=1S/C20H24N2O2/c1-2-22-14-6-7-17(22)15-21-20(23)16-10-12-19(13-11-16)24-18-8-4-3-5-9-18/h3-5,8-13,17H,2,6-7,14-15H2,1H3,(H,21,23)/p+1/t17-/m0/s1. The van der Waals surface area contributed by atoms with E-state index in [0.717, 1.165) is 24.6 Å². The van der Waals surface area contributed by atoms with Gasteiger partial charge in [-0.15, -0.1) is 0 Å². The number of ether oxygens (including phenoxy) is 1. The summed E-state index contributed by atoms with van der Waals surface area (Å²) in [6, 6.07) is 17.5. The van der Waals surface area contributed by atoms with Crippen molar-refractivity contribution in [2.45, 2.75) is 25.8 Å². The van der Waals surface area contributed by atoms with Crippen LogP contribution in [0.25, 0.3) is 0 Å². The Morgan fingerprint density at radius 2 is 1.83 bits per heavy atom. The van der Waals surface area contributed by atoms with E-state index in [9.17, 15) is 4.79 Å². The Bertz CT molecular complexity index is 655. The molecule has 1 aliphatic rings. The first-order valence-corrected chi connectivity index (χ1v) is 8.72. The number of hydrogen-bond donors (Lipinski definition) is 2. The largest absolute Gasteiger partial charge is 0.457 e. The van der Waals surface area contributed by atoms with Gasteiger partial charge in [0.2, 0.25) is 0 Å². The molecule has 4 nitrogen and oxygen atoms in total. The predicted octanol–water partition coefficient (Wildman–Crippen LogP) is 2.28. The first-order valence-electron chi connectivity index (χ1n) is 8.72. The lowest BCUT2D eigenvalue weighted by Gasteiger charge is -2.20. The summed E-state index contributed by atoms with van der Waals surface area (Å²) in [7, 11) is 0. The van der Waals surface area contributed by atoms with Crippen LogP contribution in [-0.4, -0.2) is 31.6 Å². The number of likely N-dealkylation sites (tertiary alicyclic amines) is 1. The number of benzene rings is 2. The average molecular weight is 325 g/mol. The summed E-state index contributed by atoms with van der Waals surface area (Å²) in [4.78, 5) is 13.9. The van der Waals surface area contributed by atoms with Gasteiger partial charge in [-0.2, -0.15) is 0 Å². The second-order valence-corrected chi connectivity index (χ2v) is 6.25. The Kier molecular flexibility index (Phi) is 5.49. The van der Waals surface area contributed by atoms with Gasteiger partial charge in [-0.05, 0) is 43.3 Å². The number of para-hydroxylation sites is 1. The molecule has 1 saturated heterocycles. The van der Waals surface area contributed by atoms with Crippen molar-refractivity contribution >= 4 is 5.91 Å². The Balaban J connectivity index is 1.54. The van der Waals surface area contributed by atoms with Gasteiger partial charge >= 0.3 is 0 Å². The lowest BCUT2D eigenvalue weighted by atomic mass is 10.2. The summed E-state index contributed by atoms with van der Waals surface area (Å²) in [5, 5.41) is 3.07. The van der Waals surface area contributed by atoms with Crippen LogP contribution in [0.4, 0.5) is 0 Å². The number of nitrogens with one attached hydrogen (secondary N) is 2. The highest BCUT2D eigenvalue weighted by Gasteiger charge is 2.27. The Hall–Kier alpha value is -2.33. The minimum atomic E-state index is -0.0105. The van der Waals surface area contributed by atoms with Gasteiger partial charge in [0.25, 0.3) is 5.91 Å². The molecule has 0 radical (unpaired) electrons. The molecule has 1 fully saturated rings.